The van der Waals surface area contributed by atoms with E-state index in [1.54, 1.807) is 70.3 Å². The van der Waals surface area contributed by atoms with Crippen LogP contribution in [0.1, 0.15) is 100 Å². The summed E-state index contributed by atoms with van der Waals surface area (Å²) >= 11 is 0. The van der Waals surface area contributed by atoms with Gasteiger partial charge in [0.2, 0.25) is 0 Å². The standard InChI is InChI=1S/2C23H28F5N5O4S/c1-22(2,3)37-21(34)29-18-8-15(11-31(4)20(18)16-7-14(24)5-6-17(16)25)32-9-13-10-33(30-19(13)12-32)38(35,36)23(26,27)28;1-22(2,3)37-21(34)30-18-8-15(11-31(4)20(18)16-7-14(24)5-6-17(16)25)32-10-13-9-29-33(19(13)12-32)38(35,36)23(26,27)28/h5-7,10,15,18,20H,8-9,11-12H2,1-4H3,(H,29,34);5-7,9,15,18,20H,8,10-12H2,1-4H3,(H,30,34)/t2*15-,18+,20?/m11/s1. The van der Waals surface area contributed by atoms with E-state index in [4.69, 9.17) is 9.47 Å². The topological polar surface area (TPSA) is 194 Å². The average molecular weight is 1130 g/mol. The van der Waals surface area contributed by atoms with E-state index in [-0.39, 0.29) is 88.3 Å². The Morgan fingerprint density at radius 1 is 0.632 bits per heavy atom. The molecular weight excluding hydrogens is 1070 g/mol. The Bertz CT molecular complexity index is 3030. The zero-order chi connectivity index (χ0) is 56.4. The number of piperidine rings is 2. The highest BCUT2D eigenvalue weighted by atomic mass is 32.2. The maximum atomic E-state index is 14.8. The number of alkyl halides is 6. The van der Waals surface area contributed by atoms with Crippen LogP contribution < -0.4 is 10.6 Å². The molecule has 2 unspecified atom stereocenters. The zero-order valence-corrected chi connectivity index (χ0v) is 43.8. The largest absolute Gasteiger partial charge is 0.518 e. The predicted octanol–water partition coefficient (Wildman–Crippen LogP) is 7.03. The molecule has 30 heteroatoms. The van der Waals surface area contributed by atoms with Gasteiger partial charge >= 0.3 is 43.2 Å². The Morgan fingerprint density at radius 2 is 1.07 bits per heavy atom. The third-order valence-electron chi connectivity index (χ3n) is 13.0. The highest BCUT2D eigenvalue weighted by molar-refractivity contribution is 7.91. The SMILES string of the molecule is CN1C[C@H](N2Cc3cn(S(=O)(=O)C(F)(F)F)nc3C2)C[C@H](NC(=O)OC(C)(C)C)C1c1cc(F)ccc1F.CN1C[C@H](N2Cc3cnn(S(=O)(=O)C(F)(F)F)c3C2)C[C@H](NC(=O)OC(C)(C)C)C1c1cc(F)ccc1F. The van der Waals surface area contributed by atoms with Gasteiger partial charge in [0.1, 0.15) is 34.5 Å². The number of rotatable bonds is 8. The lowest BCUT2D eigenvalue weighted by atomic mass is 9.87. The molecule has 8 rings (SSSR count). The number of nitrogens with one attached hydrogen (secondary N) is 2. The molecule has 0 spiro atoms. The summed E-state index contributed by atoms with van der Waals surface area (Å²) < 4.78 is 194. The van der Waals surface area contributed by atoms with Gasteiger partial charge in [0.05, 0.1) is 41.8 Å². The summed E-state index contributed by atoms with van der Waals surface area (Å²) in [5.41, 5.74) is -11.8. The van der Waals surface area contributed by atoms with E-state index in [1.165, 1.54) is 0 Å². The first-order valence-corrected chi connectivity index (χ1v) is 26.4. The number of amides is 2. The quantitative estimate of drug-likeness (QED) is 0.171. The third-order valence-corrected chi connectivity index (χ3v) is 15.7. The number of fused-ring (bicyclic) bond motifs is 2. The van der Waals surface area contributed by atoms with Crippen LogP contribution >= 0.6 is 0 Å². The lowest BCUT2D eigenvalue weighted by Gasteiger charge is -2.46. The molecule has 4 aromatic rings. The van der Waals surface area contributed by atoms with Gasteiger partial charge in [0.15, 0.2) is 0 Å². The van der Waals surface area contributed by atoms with E-state index < -0.39 is 102 Å². The maximum absolute atomic E-state index is 14.8. The molecule has 420 valence electrons. The van der Waals surface area contributed by atoms with Crippen molar-refractivity contribution < 1.29 is 79.8 Å². The van der Waals surface area contributed by atoms with Crippen LogP contribution in [0.3, 0.4) is 0 Å². The Hall–Kier alpha value is -5.56. The summed E-state index contributed by atoms with van der Waals surface area (Å²) in [4.78, 5) is 32.4. The highest BCUT2D eigenvalue weighted by Crippen LogP contribution is 2.40. The minimum absolute atomic E-state index is 0.0101. The molecule has 2 aromatic heterocycles. The molecule has 2 aromatic carbocycles. The van der Waals surface area contributed by atoms with Gasteiger partial charge in [-0.1, -0.05) is 0 Å². The van der Waals surface area contributed by atoms with Crippen molar-refractivity contribution in [2.45, 2.75) is 139 Å². The predicted molar refractivity (Wildman–Crippen MR) is 250 cm³/mol. The molecule has 0 radical (unpaired) electrons. The van der Waals surface area contributed by atoms with Crippen molar-refractivity contribution in [3.63, 3.8) is 0 Å². The fraction of sp³-hybridized carbons (Fsp3) is 0.565. The fourth-order valence-corrected chi connectivity index (χ4v) is 11.5. The van der Waals surface area contributed by atoms with E-state index in [2.05, 4.69) is 20.8 Å². The molecule has 2 fully saturated rings. The molecule has 0 aliphatic carbocycles. The third kappa shape index (κ3) is 12.6. The van der Waals surface area contributed by atoms with E-state index in [0.29, 0.717) is 17.7 Å². The number of halogens is 10. The van der Waals surface area contributed by atoms with Crippen LogP contribution in [-0.2, 0) is 55.7 Å². The van der Waals surface area contributed by atoms with E-state index in [0.717, 1.165) is 48.8 Å². The molecular formula is C46H56F10N10O8S2. The maximum Gasteiger partial charge on any atom is 0.518 e. The molecule has 4 aliphatic rings. The number of carbonyl (C=O) groups excluding carboxylic acids is 2. The summed E-state index contributed by atoms with van der Waals surface area (Å²) in [5, 5.41) is 12.6. The number of nitrogens with zero attached hydrogens (tertiary/aromatic N) is 8. The van der Waals surface area contributed by atoms with Crippen LogP contribution in [0.4, 0.5) is 53.5 Å². The molecule has 2 N–H and O–H groups in total. The molecule has 4 aliphatic heterocycles. The van der Waals surface area contributed by atoms with Gasteiger partial charge in [-0.25, -0.2) is 27.2 Å². The van der Waals surface area contributed by atoms with Gasteiger partial charge < -0.3 is 20.1 Å². The number of ether oxygens (including phenoxy) is 2. The van der Waals surface area contributed by atoms with E-state index in [1.807, 2.05) is 4.90 Å². The number of alkyl carbamates (subject to hydrolysis) is 2. The second-order valence-electron chi connectivity index (χ2n) is 21.0. The van der Waals surface area contributed by atoms with Crippen molar-refractivity contribution in [3.8, 4) is 0 Å². The summed E-state index contributed by atoms with van der Waals surface area (Å²) in [7, 11) is -7.99. The van der Waals surface area contributed by atoms with Gasteiger partial charge in [-0.2, -0.15) is 61.5 Å². The number of hydrogen-bond donors (Lipinski definition) is 2. The number of benzene rings is 2. The number of likely N-dealkylation sites (N-methyl/N-ethyl adjacent to an activating group) is 2. The average Bonchev–Trinajstić information content (AvgIpc) is 4.05. The van der Waals surface area contributed by atoms with Gasteiger partial charge in [0, 0.05) is 79.8 Å². The van der Waals surface area contributed by atoms with Crippen LogP contribution in [0.25, 0.3) is 0 Å². The van der Waals surface area contributed by atoms with Gasteiger partial charge in [-0.3, -0.25) is 19.6 Å². The summed E-state index contributed by atoms with van der Waals surface area (Å²) in [6.07, 6.45) is 0.911. The summed E-state index contributed by atoms with van der Waals surface area (Å²) in [6, 6.07) is 2.46. The number of hydrogen-bond acceptors (Lipinski definition) is 14. The second kappa shape index (κ2) is 21.0. The zero-order valence-electron chi connectivity index (χ0n) is 42.2. The van der Waals surface area contributed by atoms with Crippen molar-refractivity contribution in [1.29, 1.82) is 0 Å². The lowest BCUT2D eigenvalue weighted by Crippen LogP contribution is -2.57. The van der Waals surface area contributed by atoms with Crippen LogP contribution in [0.2, 0.25) is 0 Å². The molecule has 2 amide bonds. The van der Waals surface area contributed by atoms with Crippen LogP contribution in [-0.4, -0.2) is 141 Å². The fourth-order valence-electron chi connectivity index (χ4n) is 9.97. The van der Waals surface area contributed by atoms with Crippen molar-refractivity contribution in [2.24, 2.45) is 0 Å². The lowest BCUT2D eigenvalue weighted by molar-refractivity contribution is -0.0456. The Labute approximate surface area is 431 Å². The first-order valence-electron chi connectivity index (χ1n) is 23.5. The number of aromatic nitrogens is 4. The van der Waals surface area contributed by atoms with Crippen LogP contribution in [0.5, 0.6) is 0 Å². The minimum Gasteiger partial charge on any atom is -0.444 e. The van der Waals surface area contributed by atoms with Crippen molar-refractivity contribution >= 4 is 32.2 Å². The summed E-state index contributed by atoms with van der Waals surface area (Å²) in [6.45, 7) is 10.9. The number of carbonyl (C=O) groups is 2. The normalized spacial score (nSPS) is 23.3. The second-order valence-corrected chi connectivity index (χ2v) is 24.6. The Balaban J connectivity index is 0.000000221. The van der Waals surface area contributed by atoms with Gasteiger partial charge in [0.25, 0.3) is 0 Å². The Morgan fingerprint density at radius 3 is 1.49 bits per heavy atom. The monoisotopic (exact) mass is 1130 g/mol. The van der Waals surface area contributed by atoms with Crippen molar-refractivity contribution in [3.05, 3.63) is 106 Å². The molecule has 6 atom stereocenters. The van der Waals surface area contributed by atoms with Crippen LogP contribution in [0.15, 0.2) is 48.8 Å². The molecule has 0 saturated carbocycles. The summed E-state index contributed by atoms with van der Waals surface area (Å²) in [5.74, 6) is -2.59. The van der Waals surface area contributed by atoms with Crippen molar-refractivity contribution in [2.75, 3.05) is 27.2 Å². The molecule has 6 heterocycles. The van der Waals surface area contributed by atoms with Crippen LogP contribution in [0, 0.1) is 23.3 Å². The Kier molecular flexibility index (Phi) is 16.1. The smallest absolute Gasteiger partial charge is 0.444 e. The molecule has 0 bridgehead atoms. The first-order chi connectivity index (χ1) is 34.9. The first kappa shape index (κ1) is 58.1. The van der Waals surface area contributed by atoms with Gasteiger partial charge in [-0.05, 0) is 105 Å². The molecule has 2 saturated heterocycles. The van der Waals surface area contributed by atoms with Gasteiger partial charge in [-0.15, -0.1) is 0 Å². The molecule has 76 heavy (non-hydrogen) atoms. The minimum atomic E-state index is -5.70. The highest BCUT2D eigenvalue weighted by Gasteiger charge is 2.52. The van der Waals surface area contributed by atoms with Crippen molar-refractivity contribution in [1.82, 2.24) is 48.6 Å². The number of likely N-dealkylation sites (tertiary alicyclic amines) is 2. The van der Waals surface area contributed by atoms with E-state index >= 15 is 0 Å². The molecule has 18 nitrogen and oxygen atoms in total. The van der Waals surface area contributed by atoms with E-state index in [9.17, 15) is 70.3 Å².